The van der Waals surface area contributed by atoms with Gasteiger partial charge in [-0.1, -0.05) is 37.3 Å². The summed E-state index contributed by atoms with van der Waals surface area (Å²) in [7, 11) is 0. The molecule has 2 heterocycles. The van der Waals surface area contributed by atoms with Crippen LogP contribution in [0.15, 0.2) is 48.7 Å². The molecule has 4 heteroatoms. The van der Waals surface area contributed by atoms with Crippen LogP contribution >= 0.6 is 0 Å². The molecule has 1 aliphatic heterocycles. The van der Waals surface area contributed by atoms with Crippen molar-refractivity contribution in [1.82, 2.24) is 4.98 Å². The van der Waals surface area contributed by atoms with Crippen molar-refractivity contribution in [1.29, 1.82) is 0 Å². The number of ether oxygens (including phenoxy) is 1. The highest BCUT2D eigenvalue weighted by atomic mass is 16.5. The third kappa shape index (κ3) is 3.77. The highest BCUT2D eigenvalue weighted by Crippen LogP contribution is 2.28. The molecule has 0 bridgehead atoms. The number of carbonyl (C=O) groups excluding carboxylic acids is 1. The quantitative estimate of drug-likeness (QED) is 0.935. The lowest BCUT2D eigenvalue weighted by Gasteiger charge is -2.27. The Bertz CT molecular complexity index is 651. The third-order valence-electron chi connectivity index (χ3n) is 4.50. The number of pyridine rings is 1. The van der Waals surface area contributed by atoms with Gasteiger partial charge in [0.1, 0.15) is 0 Å². The molecular weight excluding hydrogens is 288 g/mol. The Morgan fingerprint density at radius 2 is 1.91 bits per heavy atom. The molecule has 0 saturated carbocycles. The van der Waals surface area contributed by atoms with Crippen molar-refractivity contribution in [2.24, 2.45) is 11.8 Å². The molecule has 1 N–H and O–H groups in total. The maximum atomic E-state index is 12.6. The van der Waals surface area contributed by atoms with E-state index in [2.05, 4.69) is 10.3 Å². The average molecular weight is 310 g/mol. The number of anilines is 1. The number of hydrogen-bond acceptors (Lipinski definition) is 3. The molecule has 1 aromatic carbocycles. The van der Waals surface area contributed by atoms with Crippen molar-refractivity contribution in [3.05, 3.63) is 48.7 Å². The molecule has 1 aliphatic rings. The smallest absolute Gasteiger partial charge is 0.227 e. The summed E-state index contributed by atoms with van der Waals surface area (Å²) in [6.07, 6.45) is 3.65. The van der Waals surface area contributed by atoms with Crippen molar-refractivity contribution in [2.45, 2.75) is 19.8 Å². The summed E-state index contributed by atoms with van der Waals surface area (Å²) in [5, 5.41) is 3.06. The molecule has 1 amide bonds. The average Bonchev–Trinajstić information content (AvgIpc) is 2.63. The van der Waals surface area contributed by atoms with Crippen LogP contribution in [0.3, 0.4) is 0 Å². The van der Waals surface area contributed by atoms with Gasteiger partial charge in [-0.25, -0.2) is 0 Å². The van der Waals surface area contributed by atoms with Gasteiger partial charge in [0, 0.05) is 30.9 Å². The molecule has 120 valence electrons. The van der Waals surface area contributed by atoms with Crippen LogP contribution in [0.1, 0.15) is 19.8 Å². The van der Waals surface area contributed by atoms with Crippen LogP contribution in [-0.2, 0) is 9.53 Å². The van der Waals surface area contributed by atoms with Crippen molar-refractivity contribution in [3.8, 4) is 11.3 Å². The first-order valence-electron chi connectivity index (χ1n) is 8.15. The number of rotatable bonds is 4. The molecule has 1 saturated heterocycles. The second-order valence-corrected chi connectivity index (χ2v) is 5.99. The van der Waals surface area contributed by atoms with Crippen LogP contribution < -0.4 is 5.32 Å². The highest BCUT2D eigenvalue weighted by Gasteiger charge is 2.26. The molecule has 3 rings (SSSR count). The molecule has 0 aliphatic carbocycles. The van der Waals surface area contributed by atoms with Crippen LogP contribution in [0.5, 0.6) is 0 Å². The van der Waals surface area contributed by atoms with Crippen LogP contribution in [-0.4, -0.2) is 24.1 Å². The van der Waals surface area contributed by atoms with Crippen LogP contribution in [0, 0.1) is 11.8 Å². The summed E-state index contributed by atoms with van der Waals surface area (Å²) in [5.74, 6) is 0.422. The predicted molar refractivity (Wildman–Crippen MR) is 91.0 cm³/mol. The molecule has 1 fully saturated rings. The van der Waals surface area contributed by atoms with Gasteiger partial charge in [0.25, 0.3) is 0 Å². The summed E-state index contributed by atoms with van der Waals surface area (Å²) >= 11 is 0. The molecule has 0 radical (unpaired) electrons. The van der Waals surface area contributed by atoms with Crippen LogP contribution in [0.25, 0.3) is 11.3 Å². The van der Waals surface area contributed by atoms with E-state index in [4.69, 9.17) is 4.74 Å². The van der Waals surface area contributed by atoms with Crippen LogP contribution in [0.2, 0.25) is 0 Å². The summed E-state index contributed by atoms with van der Waals surface area (Å²) < 4.78 is 5.38. The lowest BCUT2D eigenvalue weighted by molar-refractivity contribution is -0.122. The number of carbonyl (C=O) groups is 1. The largest absolute Gasteiger partial charge is 0.381 e. The fourth-order valence-electron chi connectivity index (χ4n) is 3.01. The topological polar surface area (TPSA) is 51.2 Å². The Morgan fingerprint density at radius 3 is 2.65 bits per heavy atom. The molecule has 1 atom stereocenters. The summed E-state index contributed by atoms with van der Waals surface area (Å²) in [6.45, 7) is 3.51. The van der Waals surface area contributed by atoms with Gasteiger partial charge < -0.3 is 10.1 Å². The predicted octanol–water partition coefficient (Wildman–Crippen LogP) is 3.75. The summed E-state index contributed by atoms with van der Waals surface area (Å²) in [4.78, 5) is 17.1. The molecule has 0 unspecified atom stereocenters. The summed E-state index contributed by atoms with van der Waals surface area (Å²) in [6, 6.07) is 13.7. The van der Waals surface area contributed by atoms with E-state index in [0.717, 1.165) is 43.0 Å². The molecule has 2 aromatic rings. The zero-order chi connectivity index (χ0) is 16.1. The van der Waals surface area contributed by atoms with E-state index in [1.165, 1.54) is 0 Å². The number of nitrogens with one attached hydrogen (secondary N) is 1. The minimum atomic E-state index is -0.0253. The SMILES string of the molecule is C[C@@H](C(=O)Nc1cccnc1-c1ccccc1)C1CCOCC1. The Hall–Kier alpha value is -2.20. The molecular formula is C19H22N2O2. The third-order valence-corrected chi connectivity index (χ3v) is 4.50. The second kappa shape index (κ2) is 7.38. The monoisotopic (exact) mass is 310 g/mol. The molecule has 23 heavy (non-hydrogen) atoms. The van der Waals surface area contributed by atoms with Gasteiger partial charge in [0.2, 0.25) is 5.91 Å². The van der Waals surface area contributed by atoms with Crippen molar-refractivity contribution >= 4 is 11.6 Å². The Balaban J connectivity index is 1.76. The highest BCUT2D eigenvalue weighted by molar-refractivity contribution is 5.95. The number of benzene rings is 1. The van der Waals surface area contributed by atoms with E-state index in [0.29, 0.717) is 5.92 Å². The summed E-state index contributed by atoms with van der Waals surface area (Å²) in [5.41, 5.74) is 2.57. The van der Waals surface area contributed by atoms with Crippen LogP contribution in [0.4, 0.5) is 5.69 Å². The van der Waals surface area contributed by atoms with E-state index in [1.54, 1.807) is 6.20 Å². The van der Waals surface area contributed by atoms with Crippen molar-refractivity contribution in [2.75, 3.05) is 18.5 Å². The van der Waals surface area contributed by atoms with Gasteiger partial charge in [0.05, 0.1) is 11.4 Å². The number of aromatic nitrogens is 1. The standard InChI is InChI=1S/C19H22N2O2/c1-14(15-9-12-23-13-10-15)19(22)21-17-8-5-11-20-18(17)16-6-3-2-4-7-16/h2-8,11,14-15H,9-10,12-13H2,1H3,(H,21,22)/t14-/m1/s1. The van der Waals surface area contributed by atoms with Crippen molar-refractivity contribution < 1.29 is 9.53 Å². The fraction of sp³-hybridized carbons (Fsp3) is 0.368. The molecule has 0 spiro atoms. The molecule has 1 aromatic heterocycles. The number of hydrogen-bond donors (Lipinski definition) is 1. The first-order chi connectivity index (χ1) is 11.3. The van der Waals surface area contributed by atoms with Gasteiger partial charge >= 0.3 is 0 Å². The van der Waals surface area contributed by atoms with Gasteiger partial charge in [-0.3, -0.25) is 9.78 Å². The van der Waals surface area contributed by atoms with E-state index < -0.39 is 0 Å². The minimum absolute atomic E-state index is 0.0253. The van der Waals surface area contributed by atoms with E-state index in [1.807, 2.05) is 49.4 Å². The van der Waals surface area contributed by atoms with E-state index >= 15 is 0 Å². The maximum Gasteiger partial charge on any atom is 0.227 e. The lowest BCUT2D eigenvalue weighted by Crippen LogP contribution is -2.31. The van der Waals surface area contributed by atoms with Gasteiger partial charge in [-0.15, -0.1) is 0 Å². The van der Waals surface area contributed by atoms with E-state index in [-0.39, 0.29) is 11.8 Å². The first-order valence-corrected chi connectivity index (χ1v) is 8.15. The number of amides is 1. The lowest BCUT2D eigenvalue weighted by atomic mass is 9.86. The van der Waals surface area contributed by atoms with Gasteiger partial charge in [-0.2, -0.15) is 0 Å². The van der Waals surface area contributed by atoms with Crippen molar-refractivity contribution in [3.63, 3.8) is 0 Å². The maximum absolute atomic E-state index is 12.6. The molecule has 4 nitrogen and oxygen atoms in total. The van der Waals surface area contributed by atoms with Gasteiger partial charge in [-0.05, 0) is 30.9 Å². The number of nitrogens with zero attached hydrogens (tertiary/aromatic N) is 1. The second-order valence-electron chi connectivity index (χ2n) is 5.99. The normalized spacial score (nSPS) is 16.7. The fourth-order valence-corrected chi connectivity index (χ4v) is 3.01. The first kappa shape index (κ1) is 15.7. The zero-order valence-electron chi connectivity index (χ0n) is 13.4. The Labute approximate surface area is 136 Å². The Morgan fingerprint density at radius 1 is 1.17 bits per heavy atom. The Kier molecular flexibility index (Phi) is 5.03. The zero-order valence-corrected chi connectivity index (χ0v) is 13.4. The van der Waals surface area contributed by atoms with E-state index in [9.17, 15) is 4.79 Å². The minimum Gasteiger partial charge on any atom is -0.381 e. The van der Waals surface area contributed by atoms with Gasteiger partial charge in [0.15, 0.2) is 0 Å².